The van der Waals surface area contributed by atoms with Gasteiger partial charge >= 0.3 is 0 Å². The van der Waals surface area contributed by atoms with Gasteiger partial charge in [0.1, 0.15) is 6.10 Å². The first-order valence-electron chi connectivity index (χ1n) is 7.11. The molecule has 21 heavy (non-hydrogen) atoms. The highest BCUT2D eigenvalue weighted by atomic mass is 35.5. The second kappa shape index (κ2) is 7.22. The Morgan fingerprint density at radius 2 is 1.95 bits per heavy atom. The molecule has 0 aliphatic carbocycles. The summed E-state index contributed by atoms with van der Waals surface area (Å²) in [7, 11) is 0. The standard InChI is InChI=1S/C15H21ClN2O3/c16-12-4-2-1-3-11(12)13(19)9-18-7-5-10(6-8-18)14(20)15(17)21/h1-4,10,13-14,19-20H,5-9H2,(H2,17,21)/t13-,14-/m1/s1. The minimum Gasteiger partial charge on any atom is -0.387 e. The van der Waals surface area contributed by atoms with Crippen molar-refractivity contribution in [2.24, 2.45) is 11.7 Å². The second-order valence-corrected chi connectivity index (χ2v) is 5.93. The topological polar surface area (TPSA) is 86.8 Å². The predicted octanol–water partition coefficient (Wildman–Crippen LogP) is 0.932. The van der Waals surface area contributed by atoms with Crippen LogP contribution in [0.5, 0.6) is 0 Å². The summed E-state index contributed by atoms with van der Waals surface area (Å²) < 4.78 is 0. The average Bonchev–Trinajstić information content (AvgIpc) is 2.47. The Balaban J connectivity index is 1.86. The number of likely N-dealkylation sites (tertiary alicyclic amines) is 1. The lowest BCUT2D eigenvalue weighted by atomic mass is 9.90. The molecule has 0 spiro atoms. The van der Waals surface area contributed by atoms with Crippen molar-refractivity contribution in [1.29, 1.82) is 0 Å². The number of aliphatic hydroxyl groups excluding tert-OH is 2. The Bertz CT molecular complexity index is 490. The molecule has 2 rings (SSSR count). The van der Waals surface area contributed by atoms with E-state index in [1.54, 1.807) is 6.07 Å². The largest absolute Gasteiger partial charge is 0.387 e. The number of nitrogens with two attached hydrogens (primary N) is 1. The summed E-state index contributed by atoms with van der Waals surface area (Å²) in [6, 6.07) is 7.25. The Morgan fingerprint density at radius 3 is 2.52 bits per heavy atom. The molecule has 1 aromatic carbocycles. The van der Waals surface area contributed by atoms with Crippen molar-refractivity contribution in [2.45, 2.75) is 25.0 Å². The molecule has 0 aromatic heterocycles. The number of hydrogen-bond acceptors (Lipinski definition) is 4. The summed E-state index contributed by atoms with van der Waals surface area (Å²) >= 11 is 6.07. The van der Waals surface area contributed by atoms with Gasteiger partial charge in [-0.25, -0.2) is 0 Å². The van der Waals surface area contributed by atoms with Gasteiger partial charge in [-0.3, -0.25) is 4.79 Å². The van der Waals surface area contributed by atoms with E-state index in [9.17, 15) is 15.0 Å². The van der Waals surface area contributed by atoms with Crippen LogP contribution < -0.4 is 5.73 Å². The lowest BCUT2D eigenvalue weighted by molar-refractivity contribution is -0.129. The van der Waals surface area contributed by atoms with Crippen molar-refractivity contribution in [3.8, 4) is 0 Å². The molecule has 0 unspecified atom stereocenters. The lowest BCUT2D eigenvalue weighted by Crippen LogP contribution is -2.43. The van der Waals surface area contributed by atoms with E-state index in [1.807, 2.05) is 18.2 Å². The summed E-state index contributed by atoms with van der Waals surface area (Å²) in [5, 5.41) is 20.5. The van der Waals surface area contributed by atoms with Crippen molar-refractivity contribution >= 4 is 17.5 Å². The number of rotatable bonds is 5. The fourth-order valence-electron chi connectivity index (χ4n) is 2.77. The van der Waals surface area contributed by atoms with E-state index in [1.165, 1.54) is 0 Å². The molecule has 2 atom stereocenters. The molecule has 0 bridgehead atoms. The number of primary amides is 1. The molecule has 6 heteroatoms. The Morgan fingerprint density at radius 1 is 1.33 bits per heavy atom. The Labute approximate surface area is 129 Å². The Hall–Kier alpha value is -1.14. The van der Waals surface area contributed by atoms with Crippen LogP contribution in [0.3, 0.4) is 0 Å². The number of piperidine rings is 1. The molecule has 1 amide bonds. The number of carbonyl (C=O) groups is 1. The number of amides is 1. The third-order valence-corrected chi connectivity index (χ3v) is 4.41. The minimum atomic E-state index is -1.07. The van der Waals surface area contributed by atoms with Crippen LogP contribution in [-0.2, 0) is 4.79 Å². The molecule has 5 nitrogen and oxygen atoms in total. The molecule has 1 saturated heterocycles. The molecule has 116 valence electrons. The summed E-state index contributed by atoms with van der Waals surface area (Å²) in [6.45, 7) is 1.93. The normalized spacial score (nSPS) is 20.1. The van der Waals surface area contributed by atoms with Crippen LogP contribution >= 0.6 is 11.6 Å². The van der Waals surface area contributed by atoms with Crippen LogP contribution in [0, 0.1) is 5.92 Å². The number of β-amino-alcohol motifs (C(OH)–C–C–N with tert-alkyl or cyclic N) is 1. The monoisotopic (exact) mass is 312 g/mol. The molecule has 1 aromatic rings. The number of nitrogens with zero attached hydrogens (tertiary/aromatic N) is 1. The number of hydrogen-bond donors (Lipinski definition) is 3. The maximum Gasteiger partial charge on any atom is 0.246 e. The average molecular weight is 313 g/mol. The molecule has 1 fully saturated rings. The van der Waals surface area contributed by atoms with E-state index in [4.69, 9.17) is 17.3 Å². The van der Waals surface area contributed by atoms with Gasteiger partial charge in [-0.05, 0) is 37.9 Å². The van der Waals surface area contributed by atoms with Gasteiger partial charge in [0.05, 0.1) is 6.10 Å². The maximum absolute atomic E-state index is 11.0. The fourth-order valence-corrected chi connectivity index (χ4v) is 3.03. The Kier molecular flexibility index (Phi) is 5.58. The first-order chi connectivity index (χ1) is 9.99. The summed E-state index contributed by atoms with van der Waals surface area (Å²) in [4.78, 5) is 13.1. The van der Waals surface area contributed by atoms with Crippen LogP contribution in [-0.4, -0.2) is 46.8 Å². The number of carbonyl (C=O) groups excluding carboxylic acids is 1. The summed E-state index contributed by atoms with van der Waals surface area (Å²) in [6.07, 6.45) is -0.324. The first-order valence-corrected chi connectivity index (χ1v) is 7.49. The third-order valence-electron chi connectivity index (χ3n) is 4.07. The zero-order valence-corrected chi connectivity index (χ0v) is 12.5. The quantitative estimate of drug-likeness (QED) is 0.755. The van der Waals surface area contributed by atoms with Crippen LogP contribution in [0.4, 0.5) is 0 Å². The van der Waals surface area contributed by atoms with Crippen LogP contribution in [0.15, 0.2) is 24.3 Å². The molecule has 1 heterocycles. The van der Waals surface area contributed by atoms with Crippen molar-refractivity contribution in [2.75, 3.05) is 19.6 Å². The minimum absolute atomic E-state index is 0.0868. The highest BCUT2D eigenvalue weighted by Crippen LogP contribution is 2.26. The van der Waals surface area contributed by atoms with Gasteiger partial charge in [-0.2, -0.15) is 0 Å². The molecular weight excluding hydrogens is 292 g/mol. The fraction of sp³-hybridized carbons (Fsp3) is 0.533. The SMILES string of the molecule is NC(=O)[C@H](O)C1CCN(C[C@@H](O)c2ccccc2Cl)CC1. The first kappa shape index (κ1) is 16.2. The van der Waals surface area contributed by atoms with Crippen LogP contribution in [0.1, 0.15) is 24.5 Å². The summed E-state index contributed by atoms with van der Waals surface area (Å²) in [5.41, 5.74) is 5.84. The highest BCUT2D eigenvalue weighted by molar-refractivity contribution is 6.31. The van der Waals surface area contributed by atoms with Gasteiger partial charge in [0.2, 0.25) is 5.91 Å². The van der Waals surface area contributed by atoms with Crippen LogP contribution in [0.2, 0.25) is 5.02 Å². The lowest BCUT2D eigenvalue weighted by Gasteiger charge is -2.34. The van der Waals surface area contributed by atoms with Crippen molar-refractivity contribution in [3.63, 3.8) is 0 Å². The summed E-state index contributed by atoms with van der Waals surface area (Å²) in [5.74, 6) is -0.749. The highest BCUT2D eigenvalue weighted by Gasteiger charge is 2.29. The van der Waals surface area contributed by atoms with E-state index in [-0.39, 0.29) is 5.92 Å². The number of aliphatic hydroxyl groups is 2. The smallest absolute Gasteiger partial charge is 0.246 e. The van der Waals surface area contributed by atoms with Gasteiger partial charge in [-0.1, -0.05) is 29.8 Å². The molecule has 4 N–H and O–H groups in total. The van der Waals surface area contributed by atoms with Gasteiger partial charge in [0, 0.05) is 17.1 Å². The number of halogens is 1. The number of benzene rings is 1. The van der Waals surface area contributed by atoms with E-state index in [2.05, 4.69) is 4.90 Å². The molecule has 1 aliphatic heterocycles. The van der Waals surface area contributed by atoms with E-state index < -0.39 is 18.1 Å². The van der Waals surface area contributed by atoms with E-state index >= 15 is 0 Å². The second-order valence-electron chi connectivity index (χ2n) is 5.52. The van der Waals surface area contributed by atoms with Gasteiger partial charge in [0.25, 0.3) is 0 Å². The van der Waals surface area contributed by atoms with Gasteiger partial charge < -0.3 is 20.8 Å². The zero-order valence-electron chi connectivity index (χ0n) is 11.8. The molecule has 0 saturated carbocycles. The van der Waals surface area contributed by atoms with Crippen molar-refractivity contribution in [1.82, 2.24) is 4.90 Å². The molecule has 1 aliphatic rings. The van der Waals surface area contributed by atoms with Crippen molar-refractivity contribution in [3.05, 3.63) is 34.9 Å². The van der Waals surface area contributed by atoms with E-state index in [0.717, 1.165) is 18.7 Å². The zero-order chi connectivity index (χ0) is 15.4. The third kappa shape index (κ3) is 4.17. The molecular formula is C15H21ClN2O3. The predicted molar refractivity (Wildman–Crippen MR) is 80.8 cm³/mol. The van der Waals surface area contributed by atoms with Crippen molar-refractivity contribution < 1.29 is 15.0 Å². The van der Waals surface area contributed by atoms with E-state index in [0.29, 0.717) is 24.4 Å². The van der Waals surface area contributed by atoms with Gasteiger partial charge in [0.15, 0.2) is 0 Å². The molecule has 0 radical (unpaired) electrons. The van der Waals surface area contributed by atoms with Gasteiger partial charge in [-0.15, -0.1) is 0 Å². The van der Waals surface area contributed by atoms with Crippen LogP contribution in [0.25, 0.3) is 0 Å². The maximum atomic E-state index is 11.0.